The number of pyridine rings is 1. The molecule has 3 N–H and O–H groups in total. The molecule has 1 atom stereocenters. The van der Waals surface area contributed by atoms with Crippen LogP contribution in [0.25, 0.3) is 11.3 Å². The van der Waals surface area contributed by atoms with Crippen molar-refractivity contribution in [3.63, 3.8) is 0 Å². The Morgan fingerprint density at radius 1 is 1.24 bits per heavy atom. The van der Waals surface area contributed by atoms with Gasteiger partial charge in [0, 0.05) is 17.5 Å². The number of H-pyrrole nitrogens is 1. The second kappa shape index (κ2) is 10.3. The van der Waals surface area contributed by atoms with Gasteiger partial charge in [-0.05, 0) is 50.8 Å². The van der Waals surface area contributed by atoms with Gasteiger partial charge in [-0.1, -0.05) is 25.2 Å². The van der Waals surface area contributed by atoms with E-state index in [4.69, 9.17) is 6.42 Å². The summed E-state index contributed by atoms with van der Waals surface area (Å²) in [7, 11) is 0. The van der Waals surface area contributed by atoms with E-state index >= 15 is 0 Å². The molecule has 0 aliphatic heterocycles. The number of terminal acetylenes is 1. The third-order valence-electron chi connectivity index (χ3n) is 6.30. The van der Waals surface area contributed by atoms with Crippen molar-refractivity contribution in [1.29, 1.82) is 0 Å². The van der Waals surface area contributed by atoms with Gasteiger partial charge in [0.15, 0.2) is 0 Å². The van der Waals surface area contributed by atoms with E-state index in [1.807, 2.05) is 26.0 Å². The molecule has 0 bridgehead atoms. The minimum atomic E-state index is -0.667. The molecule has 2 amide bonds. The first-order valence-corrected chi connectivity index (χ1v) is 11.5. The van der Waals surface area contributed by atoms with Crippen LogP contribution in [0.4, 0.5) is 5.69 Å². The van der Waals surface area contributed by atoms with Crippen molar-refractivity contribution < 1.29 is 9.59 Å². The van der Waals surface area contributed by atoms with E-state index in [-0.39, 0.29) is 24.3 Å². The summed E-state index contributed by atoms with van der Waals surface area (Å²) in [5.74, 6) is 1.93. The minimum absolute atomic E-state index is 0.0603. The Labute approximate surface area is 198 Å². The van der Waals surface area contributed by atoms with Gasteiger partial charge in [0.1, 0.15) is 18.3 Å². The summed E-state index contributed by atoms with van der Waals surface area (Å²) >= 11 is 0. The SMILES string of the molecule is C#CCn1nccc1C(=O)N[C@H](C(=O)Nc1ccc(-c2c(C)n[nH]c2C)nc1)C1CCCCC1. The van der Waals surface area contributed by atoms with Gasteiger partial charge in [-0.25, -0.2) is 4.68 Å². The van der Waals surface area contributed by atoms with Crippen molar-refractivity contribution in [2.24, 2.45) is 5.92 Å². The number of hydrogen-bond acceptors (Lipinski definition) is 5. The maximum absolute atomic E-state index is 13.3. The monoisotopic (exact) mass is 459 g/mol. The topological polar surface area (TPSA) is 118 Å². The highest BCUT2D eigenvalue weighted by Gasteiger charge is 2.32. The molecule has 3 aromatic heterocycles. The zero-order chi connectivity index (χ0) is 24.1. The van der Waals surface area contributed by atoms with Gasteiger partial charge in [0.05, 0.1) is 23.3 Å². The van der Waals surface area contributed by atoms with Gasteiger partial charge >= 0.3 is 0 Å². The van der Waals surface area contributed by atoms with E-state index in [9.17, 15) is 9.59 Å². The number of amides is 2. The lowest BCUT2D eigenvalue weighted by Crippen LogP contribution is -2.49. The normalized spacial score (nSPS) is 14.9. The van der Waals surface area contributed by atoms with Crippen LogP contribution in [0.3, 0.4) is 0 Å². The second-order valence-corrected chi connectivity index (χ2v) is 8.66. The number of nitrogens with one attached hydrogen (secondary N) is 3. The van der Waals surface area contributed by atoms with Crippen LogP contribution in [-0.2, 0) is 11.3 Å². The number of nitrogens with zero attached hydrogens (tertiary/aromatic N) is 4. The van der Waals surface area contributed by atoms with Crippen molar-refractivity contribution in [1.82, 2.24) is 30.3 Å². The summed E-state index contributed by atoms with van der Waals surface area (Å²) in [4.78, 5) is 30.8. The van der Waals surface area contributed by atoms with Crippen molar-refractivity contribution in [2.75, 3.05) is 5.32 Å². The molecule has 3 heterocycles. The molecule has 1 aliphatic rings. The number of carbonyl (C=O) groups excluding carboxylic acids is 2. The van der Waals surface area contributed by atoms with Crippen molar-refractivity contribution in [2.45, 2.75) is 58.5 Å². The summed E-state index contributed by atoms with van der Waals surface area (Å²) in [5, 5.41) is 17.2. The van der Waals surface area contributed by atoms with Gasteiger partial charge in [0.2, 0.25) is 5.91 Å². The van der Waals surface area contributed by atoms with Gasteiger partial charge in [-0.3, -0.25) is 19.7 Å². The Morgan fingerprint density at radius 2 is 2.03 bits per heavy atom. The van der Waals surface area contributed by atoms with Crippen molar-refractivity contribution in [3.05, 3.63) is 47.7 Å². The van der Waals surface area contributed by atoms with E-state index in [1.165, 1.54) is 10.9 Å². The zero-order valence-electron chi connectivity index (χ0n) is 19.5. The number of aromatic amines is 1. The highest BCUT2D eigenvalue weighted by molar-refractivity contribution is 6.00. The molecule has 0 unspecified atom stereocenters. The van der Waals surface area contributed by atoms with Gasteiger partial charge in [-0.15, -0.1) is 6.42 Å². The molecule has 3 aromatic rings. The van der Waals surface area contributed by atoms with Crippen LogP contribution in [0.1, 0.15) is 54.0 Å². The maximum atomic E-state index is 13.3. The standard InChI is InChI=1S/C25H29N7O2/c1-4-14-32-21(12-13-27-32)24(33)29-23(18-8-6-5-7-9-18)25(34)28-19-10-11-20(26-15-19)22-16(2)30-31-17(22)3/h1,10-13,15,18,23H,5-9,14H2,2-3H3,(H,28,34)(H,29,33)(H,30,31)/t23-/m0/s1. The van der Waals surface area contributed by atoms with E-state index in [2.05, 4.69) is 36.8 Å². The number of hydrogen-bond donors (Lipinski definition) is 3. The Morgan fingerprint density at radius 3 is 2.68 bits per heavy atom. The average molecular weight is 460 g/mol. The summed E-state index contributed by atoms with van der Waals surface area (Å²) in [6.45, 7) is 4.05. The number of aryl methyl sites for hydroxylation is 2. The third-order valence-corrected chi connectivity index (χ3v) is 6.30. The number of anilines is 1. The Hall–Kier alpha value is -3.93. The first-order valence-electron chi connectivity index (χ1n) is 11.5. The van der Waals surface area contributed by atoms with Crippen LogP contribution in [0.2, 0.25) is 0 Å². The molecule has 1 fully saturated rings. The van der Waals surface area contributed by atoms with E-state index in [1.54, 1.807) is 12.3 Å². The third kappa shape index (κ3) is 5.01. The molecule has 9 nitrogen and oxygen atoms in total. The second-order valence-electron chi connectivity index (χ2n) is 8.66. The van der Waals surface area contributed by atoms with E-state index < -0.39 is 6.04 Å². The Bertz CT molecular complexity index is 1180. The predicted molar refractivity (Wildman–Crippen MR) is 129 cm³/mol. The summed E-state index contributed by atoms with van der Waals surface area (Å²) in [6, 6.07) is 4.60. The van der Waals surface area contributed by atoms with E-state index in [0.29, 0.717) is 11.4 Å². The van der Waals surface area contributed by atoms with Gasteiger partial charge < -0.3 is 10.6 Å². The molecule has 176 valence electrons. The smallest absolute Gasteiger partial charge is 0.270 e. The molecule has 0 aromatic carbocycles. The van der Waals surface area contributed by atoms with Gasteiger partial charge in [0.25, 0.3) is 5.91 Å². The maximum Gasteiger partial charge on any atom is 0.270 e. The van der Waals surface area contributed by atoms with Crippen LogP contribution >= 0.6 is 0 Å². The minimum Gasteiger partial charge on any atom is -0.339 e. The predicted octanol–water partition coefficient (Wildman–Crippen LogP) is 3.24. The number of carbonyl (C=O) groups is 2. The van der Waals surface area contributed by atoms with Crippen molar-refractivity contribution >= 4 is 17.5 Å². The number of aromatic nitrogens is 5. The lowest BCUT2D eigenvalue weighted by molar-refractivity contribution is -0.119. The molecule has 0 radical (unpaired) electrons. The molecule has 0 saturated heterocycles. The highest BCUT2D eigenvalue weighted by Crippen LogP contribution is 2.28. The largest absolute Gasteiger partial charge is 0.339 e. The molecule has 34 heavy (non-hydrogen) atoms. The van der Waals surface area contributed by atoms with Crippen LogP contribution < -0.4 is 10.6 Å². The molecule has 1 saturated carbocycles. The fourth-order valence-corrected chi connectivity index (χ4v) is 4.58. The number of rotatable bonds is 7. The molecule has 9 heteroatoms. The molecular weight excluding hydrogens is 430 g/mol. The lowest BCUT2D eigenvalue weighted by atomic mass is 9.83. The van der Waals surface area contributed by atoms with Crippen LogP contribution in [0, 0.1) is 32.1 Å². The van der Waals surface area contributed by atoms with E-state index in [0.717, 1.165) is 54.7 Å². The highest BCUT2D eigenvalue weighted by atomic mass is 16.2. The lowest BCUT2D eigenvalue weighted by Gasteiger charge is -2.30. The molecular formula is C25H29N7O2. The summed E-state index contributed by atoms with van der Waals surface area (Å²) in [5.41, 5.74) is 4.44. The first-order chi connectivity index (χ1) is 16.5. The molecule has 4 rings (SSSR count). The Balaban J connectivity index is 1.51. The van der Waals surface area contributed by atoms with Crippen LogP contribution in [0.5, 0.6) is 0 Å². The summed E-state index contributed by atoms with van der Waals surface area (Å²) in [6.07, 6.45) is 13.5. The molecule has 0 spiro atoms. The van der Waals surface area contributed by atoms with Crippen LogP contribution in [0.15, 0.2) is 30.6 Å². The first kappa shape index (κ1) is 23.2. The quantitative estimate of drug-likeness (QED) is 0.469. The van der Waals surface area contributed by atoms with Gasteiger partial charge in [-0.2, -0.15) is 10.2 Å². The Kier molecular flexibility index (Phi) is 7.07. The van der Waals surface area contributed by atoms with Crippen LogP contribution in [-0.4, -0.2) is 42.8 Å². The zero-order valence-corrected chi connectivity index (χ0v) is 19.5. The fourth-order valence-electron chi connectivity index (χ4n) is 4.58. The van der Waals surface area contributed by atoms with Crippen molar-refractivity contribution in [3.8, 4) is 23.6 Å². The average Bonchev–Trinajstić information content (AvgIpc) is 3.44. The summed E-state index contributed by atoms with van der Waals surface area (Å²) < 4.78 is 1.45. The molecule has 1 aliphatic carbocycles. The fraction of sp³-hybridized carbons (Fsp3) is 0.400.